The van der Waals surface area contributed by atoms with Crippen LogP contribution < -0.4 is 5.32 Å². The zero-order valence-corrected chi connectivity index (χ0v) is 14.6. The predicted molar refractivity (Wildman–Crippen MR) is 89.6 cm³/mol. The van der Waals surface area contributed by atoms with Gasteiger partial charge < -0.3 is 10.2 Å². The Morgan fingerprint density at radius 3 is 2.36 bits per heavy atom. The highest BCUT2D eigenvalue weighted by Gasteiger charge is 2.23. The second-order valence-corrected chi connectivity index (χ2v) is 4.66. The Labute approximate surface area is 134 Å². The van der Waals surface area contributed by atoms with E-state index in [9.17, 15) is 9.59 Å². The third-order valence-electron chi connectivity index (χ3n) is 2.93. The van der Waals surface area contributed by atoms with Crippen molar-refractivity contribution in [1.29, 1.82) is 0 Å². The van der Waals surface area contributed by atoms with Crippen molar-refractivity contribution in [2.24, 2.45) is 0 Å². The van der Waals surface area contributed by atoms with E-state index in [1.807, 2.05) is 27.7 Å². The molecule has 1 heterocycles. The molecule has 0 radical (unpaired) electrons. The smallest absolute Gasteiger partial charge is 0.251 e. The van der Waals surface area contributed by atoms with E-state index in [4.69, 9.17) is 0 Å². The van der Waals surface area contributed by atoms with E-state index >= 15 is 0 Å². The molecule has 22 heavy (non-hydrogen) atoms. The third kappa shape index (κ3) is 7.20. The van der Waals surface area contributed by atoms with Gasteiger partial charge in [0.1, 0.15) is 0 Å². The number of hydrogen-bond donors (Lipinski definition) is 1. The molecule has 1 N–H and O–H groups in total. The molecule has 0 bridgehead atoms. The van der Waals surface area contributed by atoms with Gasteiger partial charge in [-0.15, -0.1) is 0 Å². The van der Waals surface area contributed by atoms with Gasteiger partial charge in [-0.05, 0) is 25.0 Å². The molecule has 0 aliphatic heterocycles. The number of nitrogens with one attached hydrogen (secondary N) is 1. The molecule has 5 nitrogen and oxygen atoms in total. The number of hydrogen-bond acceptors (Lipinski definition) is 3. The molecule has 1 saturated carbocycles. The maximum absolute atomic E-state index is 11.8. The lowest BCUT2D eigenvalue weighted by Gasteiger charge is -2.14. The Kier molecular flexibility index (Phi) is 9.83. The summed E-state index contributed by atoms with van der Waals surface area (Å²) in [7, 11) is 1.71. The summed E-state index contributed by atoms with van der Waals surface area (Å²) < 4.78 is 0. The van der Waals surface area contributed by atoms with Gasteiger partial charge in [0.25, 0.3) is 5.91 Å². The molecule has 2 amide bonds. The van der Waals surface area contributed by atoms with Gasteiger partial charge in [-0.25, -0.2) is 0 Å². The van der Waals surface area contributed by atoms with Crippen LogP contribution in [0.15, 0.2) is 18.3 Å². The van der Waals surface area contributed by atoms with Crippen LogP contribution in [0.1, 0.15) is 63.5 Å². The number of carbonyl (C=O) groups excluding carboxylic acids is 2. The normalized spacial score (nSPS) is 12.1. The zero-order valence-electron chi connectivity index (χ0n) is 14.6. The summed E-state index contributed by atoms with van der Waals surface area (Å²) in [6.07, 6.45) is 3.73. The molecule has 0 atom stereocenters. The van der Waals surface area contributed by atoms with Crippen LogP contribution in [0.2, 0.25) is 0 Å². The summed E-state index contributed by atoms with van der Waals surface area (Å²) in [6, 6.07) is 3.76. The highest BCUT2D eigenvalue weighted by Crippen LogP contribution is 2.19. The van der Waals surface area contributed by atoms with Gasteiger partial charge in [0.2, 0.25) is 5.91 Å². The minimum Gasteiger partial charge on any atom is -0.349 e. The minimum atomic E-state index is -0.0633. The van der Waals surface area contributed by atoms with Crippen molar-refractivity contribution < 1.29 is 9.59 Å². The van der Waals surface area contributed by atoms with E-state index < -0.39 is 0 Å². The lowest BCUT2D eigenvalue weighted by atomic mass is 10.2. The summed E-state index contributed by atoms with van der Waals surface area (Å²) in [5.74, 6) is -0.0868. The lowest BCUT2D eigenvalue weighted by molar-refractivity contribution is -0.128. The Balaban J connectivity index is 0.00000102. The highest BCUT2D eigenvalue weighted by atomic mass is 16.2. The highest BCUT2D eigenvalue weighted by molar-refractivity contribution is 5.94. The average molecular weight is 307 g/mol. The summed E-state index contributed by atoms with van der Waals surface area (Å²) in [5, 5.41) is 2.93. The van der Waals surface area contributed by atoms with Gasteiger partial charge in [0.15, 0.2) is 0 Å². The van der Waals surface area contributed by atoms with Gasteiger partial charge in [-0.2, -0.15) is 0 Å². The molecule has 2 rings (SSSR count). The monoisotopic (exact) mass is 307 g/mol. The molecule has 0 saturated heterocycles. The van der Waals surface area contributed by atoms with Gasteiger partial charge in [-0.3, -0.25) is 14.6 Å². The van der Waals surface area contributed by atoms with Crippen LogP contribution in [-0.4, -0.2) is 34.8 Å². The van der Waals surface area contributed by atoms with Crippen molar-refractivity contribution in [2.75, 3.05) is 7.05 Å². The van der Waals surface area contributed by atoms with Gasteiger partial charge >= 0.3 is 0 Å². The minimum absolute atomic E-state index is 0.0235. The van der Waals surface area contributed by atoms with Gasteiger partial charge in [0.05, 0.1) is 12.2 Å². The number of pyridine rings is 1. The van der Waals surface area contributed by atoms with E-state index in [2.05, 4.69) is 10.3 Å². The standard InChI is InChI=1S/C13H17N3O2.2C2H6/c1-9(17)16(2)8-12-7-10(5-6-14-12)13(18)15-11-3-4-11;2*1-2/h5-7,11H,3-4,8H2,1-2H3,(H,15,18);2*1-2H3. The fourth-order valence-corrected chi connectivity index (χ4v) is 1.56. The van der Waals surface area contributed by atoms with Crippen molar-refractivity contribution >= 4 is 11.8 Å². The molecule has 124 valence electrons. The Morgan fingerprint density at radius 1 is 1.27 bits per heavy atom. The number of aromatic nitrogens is 1. The first-order valence-electron chi connectivity index (χ1n) is 8.04. The van der Waals surface area contributed by atoms with Crippen LogP contribution >= 0.6 is 0 Å². The molecule has 1 fully saturated rings. The Bertz CT molecular complexity index is 471. The Hall–Kier alpha value is -1.91. The van der Waals surface area contributed by atoms with E-state index in [-0.39, 0.29) is 11.8 Å². The molecule has 1 aromatic heterocycles. The molecule has 1 aliphatic carbocycles. The molecule has 1 aliphatic rings. The van der Waals surface area contributed by atoms with Crippen LogP contribution in [0.25, 0.3) is 0 Å². The second-order valence-electron chi connectivity index (χ2n) is 4.66. The molecule has 0 spiro atoms. The summed E-state index contributed by atoms with van der Waals surface area (Å²) in [6.45, 7) is 9.92. The van der Waals surface area contributed by atoms with Crippen molar-refractivity contribution in [3.63, 3.8) is 0 Å². The molecular weight excluding hydrogens is 278 g/mol. The Morgan fingerprint density at radius 2 is 1.86 bits per heavy atom. The predicted octanol–water partition coefficient (Wildman–Crippen LogP) is 3.00. The largest absolute Gasteiger partial charge is 0.349 e. The molecule has 0 unspecified atom stereocenters. The van der Waals surface area contributed by atoms with E-state index in [0.29, 0.717) is 18.2 Å². The van der Waals surface area contributed by atoms with E-state index in [1.54, 1.807) is 30.3 Å². The molecule has 5 heteroatoms. The first-order valence-corrected chi connectivity index (χ1v) is 8.04. The molecular formula is C17H29N3O2. The summed E-state index contributed by atoms with van der Waals surface area (Å²) in [5.41, 5.74) is 1.32. The van der Waals surface area contributed by atoms with Gasteiger partial charge in [0, 0.05) is 31.8 Å². The van der Waals surface area contributed by atoms with Crippen LogP contribution in [0.4, 0.5) is 0 Å². The summed E-state index contributed by atoms with van der Waals surface area (Å²) in [4.78, 5) is 28.7. The average Bonchev–Trinajstić information content (AvgIpc) is 3.35. The maximum Gasteiger partial charge on any atom is 0.251 e. The molecule has 1 aromatic rings. The number of amides is 2. The number of nitrogens with zero attached hydrogens (tertiary/aromatic N) is 2. The van der Waals surface area contributed by atoms with Crippen LogP contribution in [0.5, 0.6) is 0 Å². The van der Waals surface area contributed by atoms with Crippen molar-refractivity contribution in [1.82, 2.24) is 15.2 Å². The third-order valence-corrected chi connectivity index (χ3v) is 2.93. The van der Waals surface area contributed by atoms with Crippen LogP contribution in [-0.2, 0) is 11.3 Å². The lowest BCUT2D eigenvalue weighted by Crippen LogP contribution is -2.26. The first kappa shape index (κ1) is 20.1. The molecule has 0 aromatic carbocycles. The maximum atomic E-state index is 11.8. The number of carbonyl (C=O) groups is 2. The van der Waals surface area contributed by atoms with E-state index in [1.165, 1.54) is 6.92 Å². The van der Waals surface area contributed by atoms with Crippen LogP contribution in [0, 0.1) is 0 Å². The van der Waals surface area contributed by atoms with Crippen molar-refractivity contribution in [3.8, 4) is 0 Å². The van der Waals surface area contributed by atoms with Gasteiger partial charge in [-0.1, -0.05) is 27.7 Å². The first-order chi connectivity index (χ1) is 10.6. The number of rotatable bonds is 4. The van der Waals surface area contributed by atoms with E-state index in [0.717, 1.165) is 18.5 Å². The van der Waals surface area contributed by atoms with Crippen molar-refractivity contribution in [3.05, 3.63) is 29.6 Å². The zero-order chi connectivity index (χ0) is 17.1. The van der Waals surface area contributed by atoms with Crippen molar-refractivity contribution in [2.45, 2.75) is 60.0 Å². The fourth-order valence-electron chi connectivity index (χ4n) is 1.56. The SMILES string of the molecule is CC.CC.CC(=O)N(C)Cc1cc(C(=O)NC2CC2)ccn1. The summed E-state index contributed by atoms with van der Waals surface area (Å²) >= 11 is 0. The van der Waals surface area contributed by atoms with Crippen LogP contribution in [0.3, 0.4) is 0 Å². The topological polar surface area (TPSA) is 62.3 Å². The quantitative estimate of drug-likeness (QED) is 0.930. The fraction of sp³-hybridized carbons (Fsp3) is 0.588. The second kappa shape index (κ2) is 10.8.